The van der Waals surface area contributed by atoms with Gasteiger partial charge in [0.15, 0.2) is 6.10 Å². The molecule has 0 spiro atoms. The van der Waals surface area contributed by atoms with Crippen molar-refractivity contribution in [3.63, 3.8) is 0 Å². The van der Waals surface area contributed by atoms with Crippen LogP contribution in [0.15, 0.2) is 54.6 Å². The zero-order valence-corrected chi connectivity index (χ0v) is 16.5. The van der Waals surface area contributed by atoms with Crippen molar-refractivity contribution < 1.29 is 14.3 Å². The van der Waals surface area contributed by atoms with Crippen LogP contribution in [0.3, 0.4) is 0 Å². The number of aryl methyl sites for hydroxylation is 1. The number of methoxy groups -OCH3 is 1. The van der Waals surface area contributed by atoms with Crippen molar-refractivity contribution in [2.45, 2.75) is 20.0 Å². The smallest absolute Gasteiger partial charge is 0.265 e. The second-order valence-electron chi connectivity index (χ2n) is 6.20. The molecule has 0 radical (unpaired) electrons. The molecule has 1 N–H and O–H groups in total. The first-order valence-electron chi connectivity index (χ1n) is 8.68. The zero-order chi connectivity index (χ0) is 20.1. The van der Waals surface area contributed by atoms with Gasteiger partial charge < -0.3 is 14.8 Å². The molecule has 1 aromatic heterocycles. The first-order chi connectivity index (χ1) is 13.5. The number of anilines is 1. The summed E-state index contributed by atoms with van der Waals surface area (Å²) in [6.07, 6.45) is -0.660. The normalized spacial score (nSPS) is 11.6. The van der Waals surface area contributed by atoms with Crippen LogP contribution in [0.5, 0.6) is 11.6 Å². The molecule has 28 heavy (non-hydrogen) atoms. The molecule has 0 saturated carbocycles. The van der Waals surface area contributed by atoms with Crippen LogP contribution in [0.25, 0.3) is 11.3 Å². The van der Waals surface area contributed by atoms with Gasteiger partial charge in [-0.3, -0.25) is 4.79 Å². The van der Waals surface area contributed by atoms with E-state index in [0.29, 0.717) is 28.0 Å². The van der Waals surface area contributed by atoms with E-state index < -0.39 is 6.10 Å². The van der Waals surface area contributed by atoms with E-state index >= 15 is 0 Å². The fourth-order valence-corrected chi connectivity index (χ4v) is 2.62. The van der Waals surface area contributed by atoms with Crippen molar-refractivity contribution in [3.8, 4) is 22.9 Å². The molecule has 2 aromatic carbocycles. The third-order valence-electron chi connectivity index (χ3n) is 4.11. The topological polar surface area (TPSA) is 73.3 Å². The lowest BCUT2D eigenvalue weighted by atomic mass is 10.1. The summed E-state index contributed by atoms with van der Waals surface area (Å²) in [7, 11) is 1.54. The largest absolute Gasteiger partial charge is 0.481 e. The molecule has 1 heterocycles. The number of nitrogens with one attached hydrogen (secondary N) is 1. The molecular weight excluding hydrogens is 378 g/mol. The molecule has 6 nitrogen and oxygen atoms in total. The number of halogens is 1. The van der Waals surface area contributed by atoms with Gasteiger partial charge in [-0.25, -0.2) is 0 Å². The van der Waals surface area contributed by atoms with Crippen molar-refractivity contribution >= 4 is 23.2 Å². The fourth-order valence-electron chi connectivity index (χ4n) is 2.50. The quantitative estimate of drug-likeness (QED) is 0.662. The van der Waals surface area contributed by atoms with E-state index in [1.54, 1.807) is 50.4 Å². The van der Waals surface area contributed by atoms with E-state index in [9.17, 15) is 4.79 Å². The van der Waals surface area contributed by atoms with Gasteiger partial charge in [0.25, 0.3) is 5.91 Å². The molecule has 3 aromatic rings. The molecule has 0 aliphatic heterocycles. The maximum Gasteiger partial charge on any atom is 0.265 e. The number of carbonyl (C=O) groups excluding carboxylic acids is 1. The third-order valence-corrected chi connectivity index (χ3v) is 4.53. The molecule has 7 heteroatoms. The number of benzene rings is 2. The van der Waals surface area contributed by atoms with Crippen LogP contribution in [0, 0.1) is 6.92 Å². The summed E-state index contributed by atoms with van der Waals surface area (Å²) >= 11 is 6.01. The Morgan fingerprint density at radius 2 is 1.82 bits per heavy atom. The highest BCUT2D eigenvalue weighted by Gasteiger charge is 2.15. The maximum absolute atomic E-state index is 12.4. The lowest BCUT2D eigenvalue weighted by Crippen LogP contribution is -2.30. The Labute approximate surface area is 168 Å². The van der Waals surface area contributed by atoms with Crippen LogP contribution in [-0.2, 0) is 4.79 Å². The molecular formula is C21H20ClN3O3. The van der Waals surface area contributed by atoms with Crippen LogP contribution < -0.4 is 14.8 Å². The Balaban J connectivity index is 1.62. The summed E-state index contributed by atoms with van der Waals surface area (Å²) in [5, 5.41) is 11.6. The highest BCUT2D eigenvalue weighted by atomic mass is 35.5. The standard InChI is InChI=1S/C21H20ClN3O3/c1-13-12-17(8-9-18(13)22)28-14(2)21(26)23-16-6-4-15(5-7-16)19-10-11-20(27-3)25-24-19/h4-12,14H,1-3H3,(H,23,26). The van der Waals surface area contributed by atoms with Crippen molar-refractivity contribution in [1.29, 1.82) is 0 Å². The van der Waals surface area contributed by atoms with Gasteiger partial charge in [0.2, 0.25) is 5.88 Å². The van der Waals surface area contributed by atoms with Crippen molar-refractivity contribution in [1.82, 2.24) is 10.2 Å². The van der Waals surface area contributed by atoms with E-state index in [-0.39, 0.29) is 5.91 Å². The first-order valence-corrected chi connectivity index (χ1v) is 9.06. The number of ether oxygens (including phenoxy) is 2. The van der Waals surface area contributed by atoms with Crippen molar-refractivity contribution in [3.05, 3.63) is 65.2 Å². The predicted octanol–water partition coefficient (Wildman–Crippen LogP) is 4.52. The zero-order valence-electron chi connectivity index (χ0n) is 15.8. The van der Waals surface area contributed by atoms with Gasteiger partial charge in [0.1, 0.15) is 5.75 Å². The van der Waals surface area contributed by atoms with Crippen LogP contribution in [0.4, 0.5) is 5.69 Å². The predicted molar refractivity (Wildman–Crippen MR) is 109 cm³/mol. The van der Waals surface area contributed by atoms with Crippen LogP contribution >= 0.6 is 11.6 Å². The summed E-state index contributed by atoms with van der Waals surface area (Å²) in [6.45, 7) is 3.58. The average Bonchev–Trinajstić information content (AvgIpc) is 2.71. The Kier molecular flexibility index (Phi) is 6.11. The summed E-state index contributed by atoms with van der Waals surface area (Å²) < 4.78 is 10.7. The van der Waals surface area contributed by atoms with Crippen molar-refractivity contribution in [2.75, 3.05) is 12.4 Å². The number of hydrogen-bond donors (Lipinski definition) is 1. The number of hydrogen-bond acceptors (Lipinski definition) is 5. The monoisotopic (exact) mass is 397 g/mol. The number of nitrogens with zero attached hydrogens (tertiary/aromatic N) is 2. The molecule has 0 aliphatic rings. The Morgan fingerprint density at radius 1 is 1.07 bits per heavy atom. The molecule has 1 amide bonds. The van der Waals surface area contributed by atoms with E-state index in [1.165, 1.54) is 0 Å². The highest BCUT2D eigenvalue weighted by molar-refractivity contribution is 6.31. The third kappa shape index (κ3) is 4.78. The van der Waals surface area contributed by atoms with Crippen LogP contribution in [0.2, 0.25) is 5.02 Å². The number of rotatable bonds is 6. The van der Waals surface area contributed by atoms with E-state index in [1.807, 2.05) is 25.1 Å². The molecule has 3 rings (SSSR count). The molecule has 1 atom stereocenters. The average molecular weight is 398 g/mol. The van der Waals surface area contributed by atoms with Gasteiger partial charge in [0.05, 0.1) is 12.8 Å². The second-order valence-corrected chi connectivity index (χ2v) is 6.61. The minimum absolute atomic E-state index is 0.246. The lowest BCUT2D eigenvalue weighted by Gasteiger charge is -2.15. The summed E-state index contributed by atoms with van der Waals surface area (Å²) in [5.41, 5.74) is 3.16. The SMILES string of the molecule is COc1ccc(-c2ccc(NC(=O)C(C)Oc3ccc(Cl)c(C)c3)cc2)nn1. The van der Waals surface area contributed by atoms with Gasteiger partial charge >= 0.3 is 0 Å². The Morgan fingerprint density at radius 3 is 2.43 bits per heavy atom. The molecule has 0 aliphatic carbocycles. The second kappa shape index (κ2) is 8.71. The molecule has 0 bridgehead atoms. The molecule has 1 unspecified atom stereocenters. The van der Waals surface area contributed by atoms with Gasteiger partial charge in [-0.1, -0.05) is 23.7 Å². The Hall–Kier alpha value is -3.12. The maximum atomic E-state index is 12.4. The van der Waals surface area contributed by atoms with Gasteiger partial charge in [0, 0.05) is 22.3 Å². The van der Waals surface area contributed by atoms with Crippen LogP contribution in [-0.4, -0.2) is 29.3 Å². The highest BCUT2D eigenvalue weighted by Crippen LogP contribution is 2.23. The van der Waals surface area contributed by atoms with Gasteiger partial charge in [-0.2, -0.15) is 0 Å². The molecule has 144 valence electrons. The van der Waals surface area contributed by atoms with Crippen LogP contribution in [0.1, 0.15) is 12.5 Å². The fraction of sp³-hybridized carbons (Fsp3) is 0.190. The minimum Gasteiger partial charge on any atom is -0.481 e. The number of amides is 1. The summed E-state index contributed by atoms with van der Waals surface area (Å²) in [6, 6.07) is 16.2. The number of aromatic nitrogens is 2. The van der Waals surface area contributed by atoms with E-state index in [0.717, 1.165) is 11.1 Å². The molecule has 0 saturated heterocycles. The minimum atomic E-state index is -0.660. The van der Waals surface area contributed by atoms with E-state index in [4.69, 9.17) is 21.1 Å². The number of carbonyl (C=O) groups is 1. The summed E-state index contributed by atoms with van der Waals surface area (Å²) in [5.74, 6) is 0.806. The van der Waals surface area contributed by atoms with E-state index in [2.05, 4.69) is 15.5 Å². The lowest BCUT2D eigenvalue weighted by molar-refractivity contribution is -0.122. The molecule has 0 fully saturated rings. The van der Waals surface area contributed by atoms with Gasteiger partial charge in [-0.05, 0) is 55.8 Å². The van der Waals surface area contributed by atoms with Crippen molar-refractivity contribution in [2.24, 2.45) is 0 Å². The van der Waals surface area contributed by atoms with Gasteiger partial charge in [-0.15, -0.1) is 10.2 Å². The summed E-state index contributed by atoms with van der Waals surface area (Å²) in [4.78, 5) is 12.4. The first kappa shape index (κ1) is 19.6. The Bertz CT molecular complexity index is 960.